The van der Waals surface area contributed by atoms with Gasteiger partial charge in [0, 0.05) is 31.8 Å². The summed E-state index contributed by atoms with van der Waals surface area (Å²) in [6.07, 6.45) is 2.46. The van der Waals surface area contributed by atoms with Gasteiger partial charge in [-0.15, -0.1) is 0 Å². The van der Waals surface area contributed by atoms with E-state index in [9.17, 15) is 0 Å². The van der Waals surface area contributed by atoms with Crippen molar-refractivity contribution >= 4 is 5.69 Å². The van der Waals surface area contributed by atoms with Gasteiger partial charge in [0.05, 0.1) is 6.20 Å². The first-order chi connectivity index (χ1) is 8.20. The van der Waals surface area contributed by atoms with Gasteiger partial charge in [-0.3, -0.25) is 0 Å². The highest BCUT2D eigenvalue weighted by atomic mass is 16.4. The van der Waals surface area contributed by atoms with Crippen LogP contribution in [-0.4, -0.2) is 25.6 Å². The number of rotatable bonds is 4. The van der Waals surface area contributed by atoms with E-state index in [1.807, 2.05) is 38.4 Å². The van der Waals surface area contributed by atoms with Crippen molar-refractivity contribution in [2.45, 2.75) is 6.42 Å². The molecule has 0 saturated heterocycles. The number of nitrogens with zero attached hydrogens (tertiary/aromatic N) is 2. The van der Waals surface area contributed by atoms with E-state index >= 15 is 0 Å². The molecule has 4 heteroatoms. The molecule has 17 heavy (non-hydrogen) atoms. The Balaban J connectivity index is 2.21. The summed E-state index contributed by atoms with van der Waals surface area (Å²) < 4.78 is 5.61. The molecule has 2 aromatic rings. The highest BCUT2D eigenvalue weighted by molar-refractivity contribution is 5.58. The van der Waals surface area contributed by atoms with Crippen LogP contribution < -0.4 is 10.6 Å². The van der Waals surface area contributed by atoms with Crippen molar-refractivity contribution in [2.24, 2.45) is 5.73 Å². The Kier molecular flexibility index (Phi) is 3.44. The molecule has 0 saturated carbocycles. The molecular formula is C13H17N3O. The third-order valence-electron chi connectivity index (χ3n) is 2.57. The van der Waals surface area contributed by atoms with E-state index in [0.717, 1.165) is 23.4 Å². The van der Waals surface area contributed by atoms with Gasteiger partial charge in [0.1, 0.15) is 5.76 Å². The summed E-state index contributed by atoms with van der Waals surface area (Å²) in [5, 5.41) is 0. The second-order valence-electron chi connectivity index (χ2n) is 4.11. The first-order valence-corrected chi connectivity index (χ1v) is 5.63. The van der Waals surface area contributed by atoms with Gasteiger partial charge < -0.3 is 15.1 Å². The maximum atomic E-state index is 5.61. The lowest BCUT2D eigenvalue weighted by Gasteiger charge is -2.11. The van der Waals surface area contributed by atoms with Crippen LogP contribution in [-0.2, 0) is 6.42 Å². The summed E-state index contributed by atoms with van der Waals surface area (Å²) in [5.41, 5.74) is 7.61. The minimum absolute atomic E-state index is 0.578. The van der Waals surface area contributed by atoms with Crippen LogP contribution in [0, 0.1) is 0 Å². The summed E-state index contributed by atoms with van der Waals surface area (Å²) in [5.74, 6) is 1.48. The lowest BCUT2D eigenvalue weighted by atomic mass is 10.2. The first kappa shape index (κ1) is 11.7. The van der Waals surface area contributed by atoms with Crippen LogP contribution in [0.25, 0.3) is 11.5 Å². The van der Waals surface area contributed by atoms with E-state index in [0.29, 0.717) is 12.4 Å². The van der Waals surface area contributed by atoms with Crippen LogP contribution in [0.15, 0.2) is 34.9 Å². The standard InChI is InChI=1S/C13H17N3O/c1-16(2)11-5-3-10(4-6-11)13-15-9-12(17-13)7-8-14/h3-6,9H,7-8,14H2,1-2H3. The summed E-state index contributed by atoms with van der Waals surface area (Å²) >= 11 is 0. The largest absolute Gasteiger partial charge is 0.441 e. The van der Waals surface area contributed by atoms with Crippen LogP contribution in [0.1, 0.15) is 5.76 Å². The minimum atomic E-state index is 0.578. The van der Waals surface area contributed by atoms with Crippen LogP contribution >= 0.6 is 0 Å². The molecule has 2 N–H and O–H groups in total. The smallest absolute Gasteiger partial charge is 0.226 e. The van der Waals surface area contributed by atoms with Gasteiger partial charge in [-0.05, 0) is 30.8 Å². The number of aromatic nitrogens is 1. The number of nitrogens with two attached hydrogens (primary N) is 1. The van der Waals surface area contributed by atoms with E-state index in [4.69, 9.17) is 10.2 Å². The predicted molar refractivity (Wildman–Crippen MR) is 69.0 cm³/mol. The van der Waals surface area contributed by atoms with Crippen molar-refractivity contribution in [3.63, 3.8) is 0 Å². The quantitative estimate of drug-likeness (QED) is 0.873. The van der Waals surface area contributed by atoms with Crippen LogP contribution in [0.2, 0.25) is 0 Å². The Morgan fingerprint density at radius 3 is 2.53 bits per heavy atom. The second kappa shape index (κ2) is 5.01. The lowest BCUT2D eigenvalue weighted by Crippen LogP contribution is -2.07. The average Bonchev–Trinajstić information content (AvgIpc) is 2.78. The molecule has 0 fully saturated rings. The predicted octanol–water partition coefficient (Wildman–Crippen LogP) is 1.91. The molecule has 0 amide bonds. The molecule has 1 heterocycles. The normalized spacial score (nSPS) is 10.5. The Labute approximate surface area is 101 Å². The fourth-order valence-electron chi connectivity index (χ4n) is 1.60. The SMILES string of the molecule is CN(C)c1ccc(-c2ncc(CCN)o2)cc1. The van der Waals surface area contributed by atoms with Crippen molar-refractivity contribution in [3.8, 4) is 11.5 Å². The third kappa shape index (κ3) is 2.65. The van der Waals surface area contributed by atoms with Crippen molar-refractivity contribution < 1.29 is 4.42 Å². The molecule has 1 aromatic carbocycles. The first-order valence-electron chi connectivity index (χ1n) is 5.63. The maximum absolute atomic E-state index is 5.61. The maximum Gasteiger partial charge on any atom is 0.226 e. The van der Waals surface area contributed by atoms with Gasteiger partial charge in [0.2, 0.25) is 5.89 Å². The molecule has 0 unspecified atom stereocenters. The molecule has 0 aliphatic rings. The monoisotopic (exact) mass is 231 g/mol. The number of hydrogen-bond acceptors (Lipinski definition) is 4. The van der Waals surface area contributed by atoms with Crippen LogP contribution in [0.4, 0.5) is 5.69 Å². The molecule has 2 rings (SSSR count). The molecule has 90 valence electrons. The summed E-state index contributed by atoms with van der Waals surface area (Å²) in [4.78, 5) is 6.30. The van der Waals surface area contributed by atoms with Gasteiger partial charge in [-0.25, -0.2) is 4.98 Å². The van der Waals surface area contributed by atoms with E-state index < -0.39 is 0 Å². The summed E-state index contributed by atoms with van der Waals surface area (Å²) in [7, 11) is 4.03. The van der Waals surface area contributed by atoms with E-state index in [-0.39, 0.29) is 0 Å². The highest BCUT2D eigenvalue weighted by Gasteiger charge is 2.06. The highest BCUT2D eigenvalue weighted by Crippen LogP contribution is 2.22. The van der Waals surface area contributed by atoms with Gasteiger partial charge in [0.25, 0.3) is 0 Å². The Bertz CT molecular complexity index is 474. The van der Waals surface area contributed by atoms with Gasteiger partial charge in [-0.1, -0.05) is 0 Å². The van der Waals surface area contributed by atoms with Gasteiger partial charge in [-0.2, -0.15) is 0 Å². The van der Waals surface area contributed by atoms with E-state index in [2.05, 4.69) is 9.88 Å². The average molecular weight is 231 g/mol. The van der Waals surface area contributed by atoms with Crippen LogP contribution in [0.5, 0.6) is 0 Å². The Morgan fingerprint density at radius 2 is 1.94 bits per heavy atom. The third-order valence-corrected chi connectivity index (χ3v) is 2.57. The zero-order valence-electron chi connectivity index (χ0n) is 10.2. The minimum Gasteiger partial charge on any atom is -0.441 e. The topological polar surface area (TPSA) is 55.3 Å². The Morgan fingerprint density at radius 1 is 1.24 bits per heavy atom. The van der Waals surface area contributed by atoms with E-state index in [1.165, 1.54) is 0 Å². The summed E-state index contributed by atoms with van der Waals surface area (Å²) in [6, 6.07) is 8.10. The Hall–Kier alpha value is -1.81. The van der Waals surface area contributed by atoms with Crippen molar-refractivity contribution in [1.29, 1.82) is 0 Å². The second-order valence-corrected chi connectivity index (χ2v) is 4.11. The molecular weight excluding hydrogens is 214 g/mol. The van der Waals surface area contributed by atoms with Crippen molar-refractivity contribution in [1.82, 2.24) is 4.98 Å². The van der Waals surface area contributed by atoms with Gasteiger partial charge in [0.15, 0.2) is 0 Å². The molecule has 1 aromatic heterocycles. The molecule has 0 aliphatic carbocycles. The zero-order valence-corrected chi connectivity index (χ0v) is 10.2. The lowest BCUT2D eigenvalue weighted by molar-refractivity contribution is 0.519. The molecule has 0 radical (unpaired) electrons. The molecule has 4 nitrogen and oxygen atoms in total. The molecule has 0 aliphatic heterocycles. The molecule has 0 spiro atoms. The number of oxazole rings is 1. The zero-order chi connectivity index (χ0) is 12.3. The number of anilines is 1. The summed E-state index contributed by atoms with van der Waals surface area (Å²) in [6.45, 7) is 0.578. The fraction of sp³-hybridized carbons (Fsp3) is 0.308. The van der Waals surface area contributed by atoms with Crippen molar-refractivity contribution in [3.05, 3.63) is 36.2 Å². The number of benzene rings is 1. The number of hydrogen-bond donors (Lipinski definition) is 1. The fourth-order valence-corrected chi connectivity index (χ4v) is 1.60. The molecule has 0 bridgehead atoms. The van der Waals surface area contributed by atoms with Crippen molar-refractivity contribution in [2.75, 3.05) is 25.5 Å². The van der Waals surface area contributed by atoms with Gasteiger partial charge >= 0.3 is 0 Å². The van der Waals surface area contributed by atoms with Crippen LogP contribution in [0.3, 0.4) is 0 Å². The molecule has 0 atom stereocenters. The van der Waals surface area contributed by atoms with E-state index in [1.54, 1.807) is 6.20 Å².